The molecule has 0 aromatic heterocycles. The van der Waals surface area contributed by atoms with Crippen LogP contribution in [-0.2, 0) is 42.2 Å². The minimum absolute atomic E-state index is 0. The quantitative estimate of drug-likeness (QED) is 0.810. The van der Waals surface area contributed by atoms with Gasteiger partial charge in [-0.2, -0.15) is 0 Å². The number of ether oxygens (including phenoxy) is 2. The molecule has 3 nitrogen and oxygen atoms in total. The fourth-order valence-corrected chi connectivity index (χ4v) is 2.03. The Hall–Kier alpha value is 0.984. The number of aliphatic hydroxyl groups is 1. The molecule has 0 aromatic rings. The summed E-state index contributed by atoms with van der Waals surface area (Å²) in [5.74, 6) is 0. The number of hydrogen-bond donors (Lipinski definition) is 1. The van der Waals surface area contributed by atoms with E-state index in [1.807, 2.05) is 0 Å². The first-order chi connectivity index (χ1) is 6.39. The van der Waals surface area contributed by atoms with Crippen LogP contribution in [0, 0.1) is 10.8 Å². The van der Waals surface area contributed by atoms with Crippen molar-refractivity contribution in [2.75, 3.05) is 34.0 Å². The first-order valence-electron chi connectivity index (χ1n) is 4.98. The Morgan fingerprint density at radius 2 is 1.40 bits per heavy atom. The molecule has 0 aromatic carbocycles. The molecular weight excluding hydrogens is 269 g/mol. The zero-order valence-corrected chi connectivity index (χ0v) is 13.5. The summed E-state index contributed by atoms with van der Waals surface area (Å²) in [6.45, 7) is 7.64. The summed E-state index contributed by atoms with van der Waals surface area (Å²) in [6, 6.07) is 0. The van der Waals surface area contributed by atoms with Crippen molar-refractivity contribution in [2.45, 2.75) is 27.2 Å². The molecule has 4 heteroatoms. The average molecular weight is 293 g/mol. The Bertz CT molecular complexity index is 148. The van der Waals surface area contributed by atoms with Gasteiger partial charge in [-0.1, -0.05) is 20.8 Å². The van der Waals surface area contributed by atoms with E-state index in [1.165, 1.54) is 0 Å². The van der Waals surface area contributed by atoms with E-state index in [9.17, 15) is 5.11 Å². The van der Waals surface area contributed by atoms with Crippen LogP contribution in [0.15, 0.2) is 0 Å². The second kappa shape index (κ2) is 8.13. The van der Waals surface area contributed by atoms with Gasteiger partial charge in [-0.15, -0.1) is 0 Å². The van der Waals surface area contributed by atoms with Gasteiger partial charge in [0, 0.05) is 52.3 Å². The third-order valence-electron chi connectivity index (χ3n) is 2.14. The summed E-state index contributed by atoms with van der Waals surface area (Å²) in [7, 11) is 3.31. The Morgan fingerprint density at radius 3 is 1.60 bits per heavy atom. The van der Waals surface area contributed by atoms with Crippen LogP contribution in [0.4, 0.5) is 0 Å². The van der Waals surface area contributed by atoms with Crippen molar-refractivity contribution in [1.82, 2.24) is 0 Å². The van der Waals surface area contributed by atoms with Crippen molar-refractivity contribution in [1.29, 1.82) is 0 Å². The third-order valence-corrected chi connectivity index (χ3v) is 2.14. The Kier molecular flexibility index (Phi) is 9.95. The normalized spacial score (nSPS) is 12.4. The van der Waals surface area contributed by atoms with E-state index >= 15 is 0 Å². The van der Waals surface area contributed by atoms with Crippen molar-refractivity contribution in [2.24, 2.45) is 10.8 Å². The fourth-order valence-electron chi connectivity index (χ4n) is 2.03. The smallest absolute Gasteiger partial charge is 0.0563 e. The van der Waals surface area contributed by atoms with Crippen molar-refractivity contribution in [3.05, 3.63) is 0 Å². The van der Waals surface area contributed by atoms with Crippen LogP contribution < -0.4 is 0 Å². The molecule has 0 aliphatic heterocycles. The summed E-state index contributed by atoms with van der Waals surface area (Å²) < 4.78 is 10.3. The van der Waals surface area contributed by atoms with Crippen molar-refractivity contribution in [3.63, 3.8) is 0 Å². The number of hydrogen-bond acceptors (Lipinski definition) is 3. The van der Waals surface area contributed by atoms with Gasteiger partial charge in [0.25, 0.3) is 0 Å². The van der Waals surface area contributed by atoms with Crippen LogP contribution in [0.5, 0.6) is 0 Å². The molecule has 1 N–H and O–H groups in total. The van der Waals surface area contributed by atoms with Crippen LogP contribution in [0.25, 0.3) is 0 Å². The standard InChI is InChI=1S/C11H24O3.Y/c1-10(2,3)6-11(7-12,8-13-4)9-14-5;/h12H,6-9H2,1-5H3;. The molecule has 0 bridgehead atoms. The first-order valence-corrected chi connectivity index (χ1v) is 4.98. The summed E-state index contributed by atoms with van der Waals surface area (Å²) in [5, 5.41) is 9.44. The summed E-state index contributed by atoms with van der Waals surface area (Å²) in [5.41, 5.74) is -0.0957. The van der Waals surface area contributed by atoms with Gasteiger partial charge < -0.3 is 14.6 Å². The minimum atomic E-state index is -0.262. The number of methoxy groups -OCH3 is 2. The molecule has 0 rings (SSSR count). The molecule has 0 unspecified atom stereocenters. The Morgan fingerprint density at radius 1 is 1.00 bits per heavy atom. The molecule has 15 heavy (non-hydrogen) atoms. The van der Waals surface area contributed by atoms with E-state index in [2.05, 4.69) is 20.8 Å². The fraction of sp³-hybridized carbons (Fsp3) is 1.00. The van der Waals surface area contributed by atoms with E-state index < -0.39 is 0 Å². The predicted molar refractivity (Wildman–Crippen MR) is 57.3 cm³/mol. The maximum Gasteiger partial charge on any atom is 0.0563 e. The molecule has 0 aliphatic rings. The Labute approximate surface area is 119 Å². The van der Waals surface area contributed by atoms with Crippen molar-refractivity contribution < 1.29 is 47.3 Å². The molecule has 0 amide bonds. The molecular formula is C11H24O3Y. The van der Waals surface area contributed by atoms with Gasteiger partial charge >= 0.3 is 0 Å². The van der Waals surface area contributed by atoms with E-state index in [1.54, 1.807) is 14.2 Å². The zero-order valence-electron chi connectivity index (χ0n) is 10.7. The maximum absolute atomic E-state index is 9.44. The molecule has 0 saturated heterocycles. The summed E-state index contributed by atoms with van der Waals surface area (Å²) in [4.78, 5) is 0. The van der Waals surface area contributed by atoms with Crippen LogP contribution in [0.3, 0.4) is 0 Å². The number of rotatable bonds is 6. The van der Waals surface area contributed by atoms with Gasteiger partial charge in [-0.05, 0) is 11.8 Å². The first kappa shape index (κ1) is 18.4. The average Bonchev–Trinajstić information content (AvgIpc) is 2.02. The van der Waals surface area contributed by atoms with Gasteiger partial charge in [0.15, 0.2) is 0 Å². The van der Waals surface area contributed by atoms with E-state index in [0.717, 1.165) is 6.42 Å². The zero-order chi connectivity index (χ0) is 11.2. The van der Waals surface area contributed by atoms with Gasteiger partial charge in [0.1, 0.15) is 0 Å². The molecule has 0 fully saturated rings. The van der Waals surface area contributed by atoms with Crippen LogP contribution >= 0.6 is 0 Å². The molecule has 0 heterocycles. The second-order valence-electron chi connectivity index (χ2n) is 5.26. The molecule has 0 atom stereocenters. The number of aliphatic hydroxyl groups excluding tert-OH is 1. The third kappa shape index (κ3) is 7.81. The largest absolute Gasteiger partial charge is 0.396 e. The topological polar surface area (TPSA) is 38.7 Å². The molecule has 0 saturated carbocycles. The Balaban J connectivity index is 0. The van der Waals surface area contributed by atoms with Crippen LogP contribution in [0.1, 0.15) is 27.2 Å². The molecule has 1 radical (unpaired) electrons. The van der Waals surface area contributed by atoms with Gasteiger partial charge in [0.05, 0.1) is 19.8 Å². The van der Waals surface area contributed by atoms with Crippen molar-refractivity contribution >= 4 is 0 Å². The minimum Gasteiger partial charge on any atom is -0.396 e. The van der Waals surface area contributed by atoms with Crippen molar-refractivity contribution in [3.8, 4) is 0 Å². The van der Waals surface area contributed by atoms with Crippen LogP contribution in [-0.4, -0.2) is 39.1 Å². The molecule has 89 valence electrons. The maximum atomic E-state index is 9.44. The molecule has 0 spiro atoms. The van der Waals surface area contributed by atoms with E-state index in [4.69, 9.17) is 9.47 Å². The summed E-state index contributed by atoms with van der Waals surface area (Å²) in [6.07, 6.45) is 0.887. The molecule has 0 aliphatic carbocycles. The predicted octanol–water partition coefficient (Wildman–Crippen LogP) is 1.69. The monoisotopic (exact) mass is 293 g/mol. The van der Waals surface area contributed by atoms with E-state index in [-0.39, 0.29) is 50.1 Å². The summed E-state index contributed by atoms with van der Waals surface area (Å²) >= 11 is 0. The van der Waals surface area contributed by atoms with Gasteiger partial charge in [0.2, 0.25) is 0 Å². The second-order valence-corrected chi connectivity index (χ2v) is 5.26. The van der Waals surface area contributed by atoms with Gasteiger partial charge in [-0.3, -0.25) is 0 Å². The SMILES string of the molecule is COCC(CO)(COC)CC(C)(C)C.[Y]. The van der Waals surface area contributed by atoms with Crippen LogP contribution in [0.2, 0.25) is 0 Å². The van der Waals surface area contributed by atoms with E-state index in [0.29, 0.717) is 13.2 Å². The van der Waals surface area contributed by atoms with Gasteiger partial charge in [-0.25, -0.2) is 0 Å².